The molecule has 0 saturated carbocycles. The van der Waals surface area contributed by atoms with Crippen LogP contribution in [-0.4, -0.2) is 5.75 Å². The molecule has 0 radical (unpaired) electrons. The Kier molecular flexibility index (Phi) is 4.70. The predicted molar refractivity (Wildman–Crippen MR) is 80.3 cm³/mol. The summed E-state index contributed by atoms with van der Waals surface area (Å²) in [6.07, 6.45) is 0. The van der Waals surface area contributed by atoms with Gasteiger partial charge in [-0.15, -0.1) is 11.8 Å². The van der Waals surface area contributed by atoms with Crippen molar-refractivity contribution in [3.05, 3.63) is 64.7 Å². The first-order valence-electron chi connectivity index (χ1n) is 5.85. The van der Waals surface area contributed by atoms with E-state index in [9.17, 15) is 0 Å². The second-order valence-corrected chi connectivity index (χ2v) is 5.82. The van der Waals surface area contributed by atoms with Gasteiger partial charge in [0.25, 0.3) is 0 Å². The molecule has 2 rings (SSSR count). The van der Waals surface area contributed by atoms with Crippen molar-refractivity contribution in [3.8, 4) is 0 Å². The molecule has 2 aromatic rings. The highest BCUT2D eigenvalue weighted by Crippen LogP contribution is 2.25. The second-order valence-electron chi connectivity index (χ2n) is 4.29. The highest BCUT2D eigenvalue weighted by Gasteiger charge is 2.07. The van der Waals surface area contributed by atoms with Crippen molar-refractivity contribution in [2.24, 2.45) is 5.73 Å². The van der Waals surface area contributed by atoms with Crippen molar-refractivity contribution in [1.29, 1.82) is 0 Å². The van der Waals surface area contributed by atoms with Crippen molar-refractivity contribution in [1.82, 2.24) is 0 Å². The van der Waals surface area contributed by atoms with Crippen molar-refractivity contribution < 1.29 is 0 Å². The van der Waals surface area contributed by atoms with Gasteiger partial charge in [0.15, 0.2) is 0 Å². The first-order valence-corrected chi connectivity index (χ1v) is 7.22. The fourth-order valence-corrected chi connectivity index (χ4v) is 2.93. The second kappa shape index (κ2) is 6.28. The Hall–Kier alpha value is -0.960. The summed E-state index contributed by atoms with van der Waals surface area (Å²) in [4.78, 5) is 1.26. The Labute approximate surface area is 117 Å². The molecule has 0 saturated heterocycles. The van der Waals surface area contributed by atoms with Crippen LogP contribution in [-0.2, 0) is 0 Å². The quantitative estimate of drug-likeness (QED) is 0.836. The van der Waals surface area contributed by atoms with E-state index >= 15 is 0 Å². The Bertz CT molecular complexity index is 527. The van der Waals surface area contributed by atoms with Gasteiger partial charge in [-0.3, -0.25) is 0 Å². The topological polar surface area (TPSA) is 26.0 Å². The molecule has 94 valence electrons. The smallest absolute Gasteiger partial charge is 0.0409 e. The third-order valence-electron chi connectivity index (χ3n) is 2.70. The molecule has 0 spiro atoms. The van der Waals surface area contributed by atoms with Crippen LogP contribution in [0.4, 0.5) is 0 Å². The van der Waals surface area contributed by atoms with Gasteiger partial charge < -0.3 is 5.73 Å². The van der Waals surface area contributed by atoms with E-state index in [-0.39, 0.29) is 6.04 Å². The molecule has 3 heteroatoms. The lowest BCUT2D eigenvalue weighted by molar-refractivity contribution is 0.831. The summed E-state index contributed by atoms with van der Waals surface area (Å²) >= 11 is 7.74. The summed E-state index contributed by atoms with van der Waals surface area (Å²) in [6, 6.07) is 16.2. The molecule has 2 aromatic carbocycles. The van der Waals surface area contributed by atoms with Crippen molar-refractivity contribution in [2.45, 2.75) is 17.9 Å². The third kappa shape index (κ3) is 3.77. The Morgan fingerprint density at radius 2 is 1.94 bits per heavy atom. The zero-order chi connectivity index (χ0) is 13.0. The van der Waals surface area contributed by atoms with Crippen LogP contribution in [0, 0.1) is 6.92 Å². The highest BCUT2D eigenvalue weighted by atomic mass is 35.5. The van der Waals surface area contributed by atoms with Crippen LogP contribution >= 0.6 is 23.4 Å². The minimum Gasteiger partial charge on any atom is -0.323 e. The van der Waals surface area contributed by atoms with E-state index in [2.05, 4.69) is 31.2 Å². The fourth-order valence-electron chi connectivity index (χ4n) is 1.72. The summed E-state index contributed by atoms with van der Waals surface area (Å²) in [5.41, 5.74) is 8.53. The maximum Gasteiger partial charge on any atom is 0.0409 e. The average Bonchev–Trinajstić information content (AvgIpc) is 2.36. The zero-order valence-electron chi connectivity index (χ0n) is 10.3. The number of aryl methyl sites for hydroxylation is 1. The maximum absolute atomic E-state index is 6.17. The van der Waals surface area contributed by atoms with Crippen LogP contribution in [0.3, 0.4) is 0 Å². The number of hydrogen-bond donors (Lipinski definition) is 1. The Morgan fingerprint density at radius 1 is 1.17 bits per heavy atom. The number of nitrogens with two attached hydrogens (primary N) is 1. The van der Waals surface area contributed by atoms with Gasteiger partial charge in [-0.25, -0.2) is 0 Å². The van der Waals surface area contributed by atoms with Crippen molar-refractivity contribution in [3.63, 3.8) is 0 Å². The van der Waals surface area contributed by atoms with Gasteiger partial charge in [0.2, 0.25) is 0 Å². The third-order valence-corrected chi connectivity index (χ3v) is 4.04. The SMILES string of the molecule is Cc1cccc(SCC(N)c2cccc(Cl)c2)c1. The number of halogens is 1. The maximum atomic E-state index is 6.17. The summed E-state index contributed by atoms with van der Waals surface area (Å²) in [5.74, 6) is 0.851. The van der Waals surface area contributed by atoms with Crippen molar-refractivity contribution >= 4 is 23.4 Å². The predicted octanol–water partition coefficient (Wildman–Crippen LogP) is 4.44. The molecule has 0 aliphatic carbocycles. The van der Waals surface area contributed by atoms with Crippen LogP contribution < -0.4 is 5.73 Å². The molecule has 1 atom stereocenters. The van der Waals surface area contributed by atoms with Gasteiger partial charge in [-0.05, 0) is 36.8 Å². The van der Waals surface area contributed by atoms with E-state index < -0.39 is 0 Å². The molecule has 0 aromatic heterocycles. The van der Waals surface area contributed by atoms with Gasteiger partial charge >= 0.3 is 0 Å². The van der Waals surface area contributed by atoms with E-state index in [4.69, 9.17) is 17.3 Å². The van der Waals surface area contributed by atoms with Crippen LogP contribution in [0.5, 0.6) is 0 Å². The summed E-state index contributed by atoms with van der Waals surface area (Å²) in [5, 5.41) is 0.739. The van der Waals surface area contributed by atoms with E-state index in [1.165, 1.54) is 10.5 Å². The van der Waals surface area contributed by atoms with Gasteiger partial charge in [-0.1, -0.05) is 41.4 Å². The molecule has 0 fully saturated rings. The minimum atomic E-state index is 0.00853. The Balaban J connectivity index is 1.98. The average molecular weight is 278 g/mol. The molecular formula is C15H16ClNS. The van der Waals surface area contributed by atoms with Gasteiger partial charge in [0.05, 0.1) is 0 Å². The van der Waals surface area contributed by atoms with Gasteiger partial charge in [0.1, 0.15) is 0 Å². The van der Waals surface area contributed by atoms with Crippen LogP contribution in [0.1, 0.15) is 17.2 Å². The minimum absolute atomic E-state index is 0.00853. The first kappa shape index (κ1) is 13.5. The molecule has 0 aliphatic rings. The molecule has 0 amide bonds. The van der Waals surface area contributed by atoms with Gasteiger partial charge in [-0.2, -0.15) is 0 Å². The molecule has 18 heavy (non-hydrogen) atoms. The summed E-state index contributed by atoms with van der Waals surface area (Å²) in [7, 11) is 0. The standard InChI is InChI=1S/C15H16ClNS/c1-11-4-2-7-14(8-11)18-10-15(17)12-5-3-6-13(16)9-12/h2-9,15H,10,17H2,1H3. The molecule has 0 aliphatic heterocycles. The van der Waals surface area contributed by atoms with Crippen LogP contribution in [0.25, 0.3) is 0 Å². The Morgan fingerprint density at radius 3 is 2.67 bits per heavy atom. The van der Waals surface area contributed by atoms with E-state index in [1.807, 2.05) is 24.3 Å². The lowest BCUT2D eigenvalue weighted by atomic mass is 10.1. The molecule has 2 N–H and O–H groups in total. The number of thioether (sulfide) groups is 1. The summed E-state index contributed by atoms with van der Waals surface area (Å²) < 4.78 is 0. The number of rotatable bonds is 4. The first-order chi connectivity index (χ1) is 8.65. The number of benzene rings is 2. The molecule has 0 bridgehead atoms. The zero-order valence-corrected chi connectivity index (χ0v) is 11.8. The molecule has 1 nitrogen and oxygen atoms in total. The van der Waals surface area contributed by atoms with Crippen LogP contribution in [0.2, 0.25) is 5.02 Å². The van der Waals surface area contributed by atoms with E-state index in [0.29, 0.717) is 0 Å². The number of hydrogen-bond acceptors (Lipinski definition) is 2. The lowest BCUT2D eigenvalue weighted by Crippen LogP contribution is -2.12. The normalized spacial score (nSPS) is 12.4. The summed E-state index contributed by atoms with van der Waals surface area (Å²) in [6.45, 7) is 2.10. The molecule has 1 unspecified atom stereocenters. The highest BCUT2D eigenvalue weighted by molar-refractivity contribution is 7.99. The van der Waals surface area contributed by atoms with E-state index in [1.54, 1.807) is 11.8 Å². The van der Waals surface area contributed by atoms with E-state index in [0.717, 1.165) is 16.3 Å². The fraction of sp³-hybridized carbons (Fsp3) is 0.200. The van der Waals surface area contributed by atoms with Crippen molar-refractivity contribution in [2.75, 3.05) is 5.75 Å². The lowest BCUT2D eigenvalue weighted by Gasteiger charge is -2.12. The monoisotopic (exact) mass is 277 g/mol. The molecular weight excluding hydrogens is 262 g/mol. The van der Waals surface area contributed by atoms with Gasteiger partial charge in [0, 0.05) is 21.7 Å². The molecule has 0 heterocycles. The largest absolute Gasteiger partial charge is 0.323 e. The van der Waals surface area contributed by atoms with Crippen LogP contribution in [0.15, 0.2) is 53.4 Å².